The lowest BCUT2D eigenvalue weighted by Gasteiger charge is -2.23. The SMILES string of the molecule is C=CC(=O)Nc1ccc(OCc2cccc(F)c2)c2c1CCCO2. The van der Waals surface area contributed by atoms with Crippen molar-refractivity contribution in [2.24, 2.45) is 0 Å². The summed E-state index contributed by atoms with van der Waals surface area (Å²) in [5, 5.41) is 2.79. The Balaban J connectivity index is 1.83. The monoisotopic (exact) mass is 327 g/mol. The highest BCUT2D eigenvalue weighted by molar-refractivity contribution is 5.99. The molecular weight excluding hydrogens is 309 g/mol. The first-order valence-corrected chi connectivity index (χ1v) is 7.76. The van der Waals surface area contributed by atoms with Gasteiger partial charge in [-0.05, 0) is 48.7 Å². The summed E-state index contributed by atoms with van der Waals surface area (Å²) in [5.74, 6) is 0.665. The number of ether oxygens (including phenoxy) is 2. The summed E-state index contributed by atoms with van der Waals surface area (Å²) in [5.41, 5.74) is 2.35. The number of hydrogen-bond acceptors (Lipinski definition) is 3. The molecule has 0 radical (unpaired) electrons. The Hall–Kier alpha value is -2.82. The van der Waals surface area contributed by atoms with Crippen LogP contribution in [0.2, 0.25) is 0 Å². The predicted octanol–water partition coefficient (Wildman–Crippen LogP) is 3.85. The van der Waals surface area contributed by atoms with Gasteiger partial charge in [-0.25, -0.2) is 4.39 Å². The molecule has 2 aromatic rings. The van der Waals surface area contributed by atoms with Gasteiger partial charge in [0.15, 0.2) is 11.5 Å². The van der Waals surface area contributed by atoms with Gasteiger partial charge in [-0.15, -0.1) is 0 Å². The van der Waals surface area contributed by atoms with Crippen LogP contribution in [0.3, 0.4) is 0 Å². The van der Waals surface area contributed by atoms with Crippen LogP contribution in [0.4, 0.5) is 10.1 Å². The molecule has 0 saturated heterocycles. The second-order valence-electron chi connectivity index (χ2n) is 5.48. The molecule has 1 aliphatic heterocycles. The fourth-order valence-electron chi connectivity index (χ4n) is 2.64. The van der Waals surface area contributed by atoms with E-state index in [0.717, 1.165) is 24.0 Å². The van der Waals surface area contributed by atoms with Crippen molar-refractivity contribution >= 4 is 11.6 Å². The van der Waals surface area contributed by atoms with Crippen LogP contribution in [0.1, 0.15) is 17.5 Å². The molecule has 0 fully saturated rings. The van der Waals surface area contributed by atoms with Crippen molar-refractivity contribution in [3.05, 3.63) is 66.0 Å². The Bertz CT molecular complexity index is 773. The van der Waals surface area contributed by atoms with Gasteiger partial charge in [-0.2, -0.15) is 0 Å². The van der Waals surface area contributed by atoms with E-state index in [1.807, 2.05) is 0 Å². The topological polar surface area (TPSA) is 47.6 Å². The Morgan fingerprint density at radius 3 is 3.04 bits per heavy atom. The fraction of sp³-hybridized carbons (Fsp3) is 0.211. The van der Waals surface area contributed by atoms with Gasteiger partial charge in [0.2, 0.25) is 5.91 Å². The third kappa shape index (κ3) is 3.56. The molecule has 1 N–H and O–H groups in total. The number of carbonyl (C=O) groups is 1. The van der Waals surface area contributed by atoms with Crippen molar-refractivity contribution in [3.63, 3.8) is 0 Å². The van der Waals surface area contributed by atoms with E-state index in [-0.39, 0.29) is 18.3 Å². The second-order valence-corrected chi connectivity index (χ2v) is 5.48. The van der Waals surface area contributed by atoms with Gasteiger partial charge in [-0.3, -0.25) is 4.79 Å². The van der Waals surface area contributed by atoms with Crippen LogP contribution < -0.4 is 14.8 Å². The number of benzene rings is 2. The van der Waals surface area contributed by atoms with Crippen LogP contribution in [-0.4, -0.2) is 12.5 Å². The highest BCUT2D eigenvalue weighted by Crippen LogP contribution is 2.40. The summed E-state index contributed by atoms with van der Waals surface area (Å²) < 4.78 is 24.8. The number of halogens is 1. The van der Waals surface area contributed by atoms with Crippen LogP contribution >= 0.6 is 0 Å². The zero-order chi connectivity index (χ0) is 16.9. The summed E-state index contributed by atoms with van der Waals surface area (Å²) in [6.07, 6.45) is 2.89. The zero-order valence-corrected chi connectivity index (χ0v) is 13.2. The van der Waals surface area contributed by atoms with E-state index in [2.05, 4.69) is 11.9 Å². The van der Waals surface area contributed by atoms with Gasteiger partial charge in [0, 0.05) is 11.3 Å². The van der Waals surface area contributed by atoms with Crippen LogP contribution in [0.25, 0.3) is 0 Å². The van der Waals surface area contributed by atoms with Gasteiger partial charge < -0.3 is 14.8 Å². The molecule has 0 atom stereocenters. The number of amides is 1. The molecule has 1 heterocycles. The molecule has 24 heavy (non-hydrogen) atoms. The molecule has 0 saturated carbocycles. The largest absolute Gasteiger partial charge is 0.489 e. The first-order valence-electron chi connectivity index (χ1n) is 7.76. The van der Waals surface area contributed by atoms with E-state index in [1.54, 1.807) is 24.3 Å². The quantitative estimate of drug-likeness (QED) is 0.849. The molecule has 0 aromatic heterocycles. The lowest BCUT2D eigenvalue weighted by molar-refractivity contribution is -0.111. The number of carbonyl (C=O) groups excluding carboxylic acids is 1. The van der Waals surface area contributed by atoms with E-state index < -0.39 is 0 Å². The van der Waals surface area contributed by atoms with Crippen molar-refractivity contribution < 1.29 is 18.7 Å². The summed E-state index contributed by atoms with van der Waals surface area (Å²) in [4.78, 5) is 11.6. The summed E-state index contributed by atoms with van der Waals surface area (Å²) >= 11 is 0. The van der Waals surface area contributed by atoms with Crippen molar-refractivity contribution in [1.82, 2.24) is 0 Å². The fourth-order valence-corrected chi connectivity index (χ4v) is 2.64. The molecule has 5 heteroatoms. The third-order valence-corrected chi connectivity index (χ3v) is 3.77. The maximum atomic E-state index is 13.2. The van der Waals surface area contributed by atoms with Gasteiger partial charge in [0.1, 0.15) is 12.4 Å². The lowest BCUT2D eigenvalue weighted by Crippen LogP contribution is -2.15. The molecule has 1 amide bonds. The summed E-state index contributed by atoms with van der Waals surface area (Å²) in [7, 11) is 0. The first-order chi connectivity index (χ1) is 11.7. The Morgan fingerprint density at radius 2 is 2.25 bits per heavy atom. The van der Waals surface area contributed by atoms with Crippen molar-refractivity contribution in [1.29, 1.82) is 0 Å². The molecule has 3 rings (SSSR count). The molecule has 1 aliphatic rings. The third-order valence-electron chi connectivity index (χ3n) is 3.77. The lowest BCUT2D eigenvalue weighted by atomic mass is 10.0. The highest BCUT2D eigenvalue weighted by atomic mass is 19.1. The molecular formula is C19H18FNO3. The van der Waals surface area contributed by atoms with Crippen LogP contribution in [0.5, 0.6) is 11.5 Å². The van der Waals surface area contributed by atoms with Gasteiger partial charge in [-0.1, -0.05) is 18.7 Å². The van der Waals surface area contributed by atoms with E-state index in [4.69, 9.17) is 9.47 Å². The van der Waals surface area contributed by atoms with Crippen molar-refractivity contribution in [2.75, 3.05) is 11.9 Å². The predicted molar refractivity (Wildman–Crippen MR) is 89.8 cm³/mol. The molecule has 0 unspecified atom stereocenters. The number of anilines is 1. The van der Waals surface area contributed by atoms with Crippen molar-refractivity contribution in [3.8, 4) is 11.5 Å². The van der Waals surface area contributed by atoms with Gasteiger partial charge in [0.25, 0.3) is 0 Å². The number of fused-ring (bicyclic) bond motifs is 1. The van der Waals surface area contributed by atoms with E-state index in [9.17, 15) is 9.18 Å². The van der Waals surface area contributed by atoms with E-state index in [0.29, 0.717) is 23.8 Å². The zero-order valence-electron chi connectivity index (χ0n) is 13.2. The Labute approximate surface area is 139 Å². The smallest absolute Gasteiger partial charge is 0.247 e. The normalized spacial score (nSPS) is 12.7. The van der Waals surface area contributed by atoms with Crippen LogP contribution in [0, 0.1) is 5.82 Å². The Morgan fingerprint density at radius 1 is 1.38 bits per heavy atom. The minimum atomic E-state index is -0.295. The standard InChI is InChI=1S/C19H18FNO3/c1-2-18(22)21-16-8-9-17(19-15(16)7-4-10-23-19)24-12-13-5-3-6-14(20)11-13/h2-3,5-6,8-9,11H,1,4,7,10,12H2,(H,21,22). The maximum Gasteiger partial charge on any atom is 0.247 e. The molecule has 0 bridgehead atoms. The van der Waals surface area contributed by atoms with Crippen LogP contribution in [-0.2, 0) is 17.8 Å². The van der Waals surface area contributed by atoms with Crippen LogP contribution in [0.15, 0.2) is 49.1 Å². The maximum absolute atomic E-state index is 13.2. The molecule has 4 nitrogen and oxygen atoms in total. The molecule has 0 spiro atoms. The first kappa shape index (κ1) is 16.1. The average Bonchev–Trinajstić information content (AvgIpc) is 2.61. The minimum absolute atomic E-state index is 0.242. The summed E-state index contributed by atoms with van der Waals surface area (Å²) in [6.45, 7) is 4.30. The summed E-state index contributed by atoms with van der Waals surface area (Å²) in [6, 6.07) is 9.82. The minimum Gasteiger partial charge on any atom is -0.489 e. The molecule has 124 valence electrons. The van der Waals surface area contributed by atoms with E-state index in [1.165, 1.54) is 18.2 Å². The Kier molecular flexibility index (Phi) is 4.79. The second kappa shape index (κ2) is 7.17. The number of rotatable bonds is 5. The van der Waals surface area contributed by atoms with Gasteiger partial charge >= 0.3 is 0 Å². The average molecular weight is 327 g/mol. The van der Waals surface area contributed by atoms with E-state index >= 15 is 0 Å². The van der Waals surface area contributed by atoms with Gasteiger partial charge in [0.05, 0.1) is 6.61 Å². The molecule has 2 aromatic carbocycles. The number of nitrogens with one attached hydrogen (secondary N) is 1. The van der Waals surface area contributed by atoms with Crippen molar-refractivity contribution in [2.45, 2.75) is 19.4 Å². The number of hydrogen-bond donors (Lipinski definition) is 1. The highest BCUT2D eigenvalue weighted by Gasteiger charge is 2.20. The molecule has 0 aliphatic carbocycles.